The predicted molar refractivity (Wildman–Crippen MR) is 72.5 cm³/mol. The van der Waals surface area contributed by atoms with Crippen LogP contribution in [0.2, 0.25) is 0 Å². The van der Waals surface area contributed by atoms with Crippen molar-refractivity contribution < 1.29 is 17.9 Å². The summed E-state index contributed by atoms with van der Waals surface area (Å²) >= 11 is 0. The van der Waals surface area contributed by atoms with Crippen molar-refractivity contribution in [1.29, 1.82) is 0 Å². The van der Waals surface area contributed by atoms with Gasteiger partial charge in [-0.05, 0) is 17.7 Å². The summed E-state index contributed by atoms with van der Waals surface area (Å²) in [6.45, 7) is 0.220. The Morgan fingerprint density at radius 1 is 1.00 bits per heavy atom. The maximum atomic E-state index is 11.8. The van der Waals surface area contributed by atoms with Gasteiger partial charge in [0.1, 0.15) is 17.3 Å². The lowest BCUT2D eigenvalue weighted by molar-refractivity contribution is 0.298. The van der Waals surface area contributed by atoms with Crippen LogP contribution in [-0.2, 0) is 21.4 Å². The number of benzene rings is 2. The van der Waals surface area contributed by atoms with E-state index in [2.05, 4.69) is 4.40 Å². The van der Waals surface area contributed by atoms with E-state index < -0.39 is 10.0 Å². The van der Waals surface area contributed by atoms with E-state index in [4.69, 9.17) is 4.74 Å². The molecule has 0 N–H and O–H groups in total. The van der Waals surface area contributed by atoms with Crippen LogP contribution in [0.4, 0.5) is 0 Å². The second-order valence-electron chi connectivity index (χ2n) is 3.88. The van der Waals surface area contributed by atoms with Gasteiger partial charge in [-0.3, -0.25) is 0 Å². The van der Waals surface area contributed by atoms with Gasteiger partial charge in [-0.1, -0.05) is 46.9 Å². The van der Waals surface area contributed by atoms with Gasteiger partial charge in [-0.25, -0.2) is 4.79 Å². The highest BCUT2D eigenvalue weighted by molar-refractivity contribution is 7.90. The molecule has 6 heteroatoms. The molecule has 2 aromatic rings. The molecular weight excluding hydrogens is 278 g/mol. The Bertz CT molecular complexity index is 735. The summed E-state index contributed by atoms with van der Waals surface area (Å²) in [5.41, 5.74) is 0.901. The summed E-state index contributed by atoms with van der Waals surface area (Å²) in [5, 5.41) is 0. The topological polar surface area (TPSA) is 72.8 Å². The Kier molecular flexibility index (Phi) is 4.30. The van der Waals surface area contributed by atoms with Crippen LogP contribution >= 0.6 is 0 Å². The van der Waals surface area contributed by atoms with Crippen molar-refractivity contribution in [3.05, 3.63) is 60.2 Å². The monoisotopic (exact) mass is 289 g/mol. The van der Waals surface area contributed by atoms with Crippen LogP contribution < -0.4 is 4.74 Å². The minimum Gasteiger partial charge on any atom is -0.487 e. The van der Waals surface area contributed by atoms with Crippen molar-refractivity contribution in [1.82, 2.24) is 0 Å². The Hall–Kier alpha value is -2.43. The van der Waals surface area contributed by atoms with E-state index in [1.54, 1.807) is 6.07 Å². The van der Waals surface area contributed by atoms with Gasteiger partial charge in [-0.2, -0.15) is 8.42 Å². The predicted octanol–water partition coefficient (Wildman–Crippen LogP) is 2.29. The van der Waals surface area contributed by atoms with Gasteiger partial charge in [0.2, 0.25) is 0 Å². The molecule has 20 heavy (non-hydrogen) atoms. The third-order valence-corrected chi connectivity index (χ3v) is 3.73. The molecule has 0 heterocycles. The van der Waals surface area contributed by atoms with Gasteiger partial charge in [0.25, 0.3) is 16.1 Å². The lowest BCUT2D eigenvalue weighted by atomic mass is 10.2. The molecule has 0 atom stereocenters. The number of hydrogen-bond donors (Lipinski definition) is 0. The summed E-state index contributed by atoms with van der Waals surface area (Å²) in [5.74, 6) is 0.148. The Morgan fingerprint density at radius 2 is 1.65 bits per heavy atom. The molecule has 0 fully saturated rings. The molecule has 0 amide bonds. The van der Waals surface area contributed by atoms with Crippen molar-refractivity contribution in [3.8, 4) is 5.75 Å². The Morgan fingerprint density at radius 3 is 2.35 bits per heavy atom. The number of hydrogen-bond acceptors (Lipinski definition) is 4. The fourth-order valence-corrected chi connectivity index (χ4v) is 2.44. The number of nitrogens with zero attached hydrogens (tertiary/aromatic N) is 1. The summed E-state index contributed by atoms with van der Waals surface area (Å²) < 4.78 is 31.8. The third-order valence-electron chi connectivity index (χ3n) is 2.52. The maximum Gasteiger partial charge on any atom is 0.296 e. The molecule has 0 bridgehead atoms. The van der Waals surface area contributed by atoms with E-state index >= 15 is 0 Å². The average molecular weight is 289 g/mol. The number of sulfonamides is 1. The quantitative estimate of drug-likeness (QED) is 0.625. The molecule has 0 unspecified atom stereocenters. The van der Waals surface area contributed by atoms with Crippen LogP contribution in [0.15, 0.2) is 63.9 Å². The number of para-hydroxylation sites is 1. The van der Waals surface area contributed by atoms with Gasteiger partial charge in [0, 0.05) is 0 Å². The molecule has 0 aromatic heterocycles. The van der Waals surface area contributed by atoms with Crippen LogP contribution in [0, 0.1) is 0 Å². The van der Waals surface area contributed by atoms with Crippen LogP contribution in [0.5, 0.6) is 5.75 Å². The standard InChI is InChI=1S/C14H11NO4S/c16-11-15-20(17,18)14-9-5-4-8-13(14)19-10-12-6-2-1-3-7-12/h1-9H,10H2. The molecular formula is C14H11NO4S. The first-order chi connectivity index (χ1) is 9.63. The lowest BCUT2D eigenvalue weighted by Gasteiger charge is -2.09. The van der Waals surface area contributed by atoms with Crippen LogP contribution in [0.25, 0.3) is 0 Å². The lowest BCUT2D eigenvalue weighted by Crippen LogP contribution is -2.02. The molecule has 0 aliphatic rings. The number of ether oxygens (including phenoxy) is 1. The first-order valence-corrected chi connectivity index (χ1v) is 7.17. The molecule has 0 radical (unpaired) electrons. The Balaban J connectivity index is 2.27. The van der Waals surface area contributed by atoms with Gasteiger partial charge < -0.3 is 4.74 Å². The second-order valence-corrected chi connectivity index (χ2v) is 5.45. The minimum absolute atomic E-state index is 0.148. The van der Waals surface area contributed by atoms with E-state index in [0.717, 1.165) is 11.6 Å². The fourth-order valence-electron chi connectivity index (χ4n) is 1.62. The molecule has 2 aromatic carbocycles. The number of carbonyl (C=O) groups excluding carboxylic acids is 1. The largest absolute Gasteiger partial charge is 0.487 e. The van der Waals surface area contributed by atoms with Gasteiger partial charge >= 0.3 is 0 Å². The summed E-state index contributed by atoms with van der Waals surface area (Å²) in [6, 6.07) is 15.3. The zero-order chi connectivity index (χ0) is 14.4. The molecule has 0 aliphatic carbocycles. The zero-order valence-corrected chi connectivity index (χ0v) is 11.2. The van der Waals surface area contributed by atoms with E-state index in [9.17, 15) is 13.2 Å². The first kappa shape index (κ1) is 14.0. The van der Waals surface area contributed by atoms with Gasteiger partial charge in [0.05, 0.1) is 0 Å². The highest BCUT2D eigenvalue weighted by Crippen LogP contribution is 2.25. The van der Waals surface area contributed by atoms with E-state index in [1.165, 1.54) is 18.2 Å². The zero-order valence-electron chi connectivity index (χ0n) is 10.4. The number of isocyanates is 1. The van der Waals surface area contributed by atoms with Gasteiger partial charge in [0.15, 0.2) is 0 Å². The SMILES string of the molecule is O=C=NS(=O)(=O)c1ccccc1OCc1ccccc1. The molecule has 0 aliphatic heterocycles. The van der Waals surface area contributed by atoms with E-state index in [1.807, 2.05) is 30.3 Å². The Labute approximate surface area is 116 Å². The van der Waals surface area contributed by atoms with E-state index in [-0.39, 0.29) is 17.3 Å². The fraction of sp³-hybridized carbons (Fsp3) is 0.0714. The summed E-state index contributed by atoms with van der Waals surface area (Å²) in [6.07, 6.45) is 1.04. The molecule has 5 nitrogen and oxygen atoms in total. The van der Waals surface area contributed by atoms with Crippen LogP contribution in [0.1, 0.15) is 5.56 Å². The smallest absolute Gasteiger partial charge is 0.296 e. The average Bonchev–Trinajstić information content (AvgIpc) is 2.46. The second kappa shape index (κ2) is 6.14. The summed E-state index contributed by atoms with van der Waals surface area (Å²) in [4.78, 5) is 10.0. The normalized spacial score (nSPS) is 10.6. The van der Waals surface area contributed by atoms with Crippen molar-refractivity contribution in [2.75, 3.05) is 0 Å². The highest BCUT2D eigenvalue weighted by atomic mass is 32.2. The molecule has 0 saturated heterocycles. The molecule has 0 spiro atoms. The minimum atomic E-state index is -4.07. The molecule has 2 rings (SSSR count). The molecule has 0 saturated carbocycles. The summed E-state index contributed by atoms with van der Waals surface area (Å²) in [7, 11) is -4.07. The van der Waals surface area contributed by atoms with Gasteiger partial charge in [-0.15, -0.1) is 0 Å². The van der Waals surface area contributed by atoms with Crippen molar-refractivity contribution in [2.24, 2.45) is 4.40 Å². The number of rotatable bonds is 5. The first-order valence-electron chi connectivity index (χ1n) is 5.73. The maximum absolute atomic E-state index is 11.8. The third kappa shape index (κ3) is 3.32. The van der Waals surface area contributed by atoms with Crippen LogP contribution in [-0.4, -0.2) is 14.5 Å². The highest BCUT2D eigenvalue weighted by Gasteiger charge is 2.18. The van der Waals surface area contributed by atoms with Crippen LogP contribution in [0.3, 0.4) is 0 Å². The van der Waals surface area contributed by atoms with E-state index in [0.29, 0.717) is 0 Å². The van der Waals surface area contributed by atoms with Crippen molar-refractivity contribution in [3.63, 3.8) is 0 Å². The van der Waals surface area contributed by atoms with Crippen molar-refractivity contribution in [2.45, 2.75) is 11.5 Å². The van der Waals surface area contributed by atoms with Crippen molar-refractivity contribution >= 4 is 16.1 Å². The molecule has 102 valence electrons.